The third-order valence-corrected chi connectivity index (χ3v) is 6.65. The van der Waals surface area contributed by atoms with Gasteiger partial charge in [-0.3, -0.25) is 18.9 Å². The predicted octanol–water partition coefficient (Wildman–Crippen LogP) is 3.54. The Morgan fingerprint density at radius 2 is 2.10 bits per heavy atom. The molecule has 2 aliphatic heterocycles. The van der Waals surface area contributed by atoms with Crippen LogP contribution in [0.2, 0.25) is 0 Å². The zero-order valence-corrected chi connectivity index (χ0v) is 18.4. The van der Waals surface area contributed by atoms with E-state index in [9.17, 15) is 9.59 Å². The number of carbonyl (C=O) groups is 1. The number of hydrogen-bond donors (Lipinski definition) is 0. The fourth-order valence-electron chi connectivity index (χ4n) is 3.90. The van der Waals surface area contributed by atoms with Gasteiger partial charge in [-0.2, -0.15) is 0 Å². The SMILES string of the molecule is CC1CCCN(c2nc3ccccn3c(=O)c2/C=C2/SC(=S)N(C(C)C)C2=O)C1. The van der Waals surface area contributed by atoms with Gasteiger partial charge in [0.15, 0.2) is 0 Å². The zero-order valence-electron chi connectivity index (χ0n) is 16.8. The fraction of sp³-hybridized carbons (Fsp3) is 0.429. The standard InChI is InChI=1S/C21H24N4O2S2/c1-13(2)25-20(27)16(29-21(25)28)11-15-18(23-9-6-7-14(3)12-23)22-17-8-4-5-10-24(17)19(15)26/h4-5,8,10-11,13-14H,6-7,9,12H2,1-3H3/b16-11+. The molecule has 0 radical (unpaired) electrons. The molecule has 4 rings (SSSR count). The quantitative estimate of drug-likeness (QED) is 0.551. The van der Waals surface area contributed by atoms with Crippen molar-refractivity contribution in [2.75, 3.05) is 18.0 Å². The fourth-order valence-corrected chi connectivity index (χ4v) is 5.40. The number of aromatic nitrogens is 2. The van der Waals surface area contributed by atoms with E-state index in [4.69, 9.17) is 17.2 Å². The minimum atomic E-state index is -0.168. The zero-order chi connectivity index (χ0) is 20.7. The van der Waals surface area contributed by atoms with Gasteiger partial charge in [-0.25, -0.2) is 4.98 Å². The Hall–Kier alpha value is -2.19. The second-order valence-electron chi connectivity index (χ2n) is 7.92. The van der Waals surface area contributed by atoms with E-state index < -0.39 is 0 Å². The highest BCUT2D eigenvalue weighted by molar-refractivity contribution is 8.26. The molecule has 0 spiro atoms. The summed E-state index contributed by atoms with van der Waals surface area (Å²) in [6.45, 7) is 7.78. The molecule has 2 aliphatic rings. The molecule has 1 amide bonds. The second-order valence-corrected chi connectivity index (χ2v) is 9.60. The van der Waals surface area contributed by atoms with E-state index in [1.807, 2.05) is 26.0 Å². The highest BCUT2D eigenvalue weighted by Crippen LogP contribution is 2.35. The van der Waals surface area contributed by atoms with Gasteiger partial charge < -0.3 is 4.90 Å². The third-order valence-electron chi connectivity index (χ3n) is 5.32. The van der Waals surface area contributed by atoms with Crippen molar-refractivity contribution in [2.45, 2.75) is 39.7 Å². The van der Waals surface area contributed by atoms with Crippen molar-refractivity contribution in [1.29, 1.82) is 0 Å². The molecule has 2 aromatic rings. The molecular weight excluding hydrogens is 404 g/mol. The number of thiocarbonyl (C=S) groups is 1. The van der Waals surface area contributed by atoms with Gasteiger partial charge in [-0.05, 0) is 50.8 Å². The molecular formula is C21H24N4O2S2. The summed E-state index contributed by atoms with van der Waals surface area (Å²) in [7, 11) is 0. The van der Waals surface area contributed by atoms with Crippen molar-refractivity contribution in [3.63, 3.8) is 0 Å². The Balaban J connectivity index is 1.88. The van der Waals surface area contributed by atoms with Gasteiger partial charge in [-0.15, -0.1) is 0 Å². The van der Waals surface area contributed by atoms with Gasteiger partial charge in [0.05, 0.1) is 10.5 Å². The van der Waals surface area contributed by atoms with Gasteiger partial charge in [0.2, 0.25) is 0 Å². The Labute approximate surface area is 179 Å². The molecule has 0 N–H and O–H groups in total. The Kier molecular flexibility index (Phi) is 5.48. The monoisotopic (exact) mass is 428 g/mol. The van der Waals surface area contributed by atoms with Gasteiger partial charge in [0, 0.05) is 25.3 Å². The number of pyridine rings is 1. The van der Waals surface area contributed by atoms with E-state index >= 15 is 0 Å². The molecule has 0 aromatic carbocycles. The van der Waals surface area contributed by atoms with Crippen LogP contribution in [0.3, 0.4) is 0 Å². The maximum absolute atomic E-state index is 13.3. The number of rotatable bonds is 3. The van der Waals surface area contributed by atoms with Crippen LogP contribution in [0.1, 0.15) is 39.2 Å². The Bertz CT molecular complexity index is 1080. The molecule has 0 aliphatic carbocycles. The van der Waals surface area contributed by atoms with Gasteiger partial charge in [0.1, 0.15) is 15.8 Å². The molecule has 8 heteroatoms. The number of hydrogen-bond acceptors (Lipinski definition) is 6. The molecule has 0 bridgehead atoms. The van der Waals surface area contributed by atoms with E-state index in [2.05, 4.69) is 11.8 Å². The maximum Gasteiger partial charge on any atom is 0.267 e. The van der Waals surface area contributed by atoms with Crippen LogP contribution in [0.4, 0.5) is 5.82 Å². The van der Waals surface area contributed by atoms with Crippen molar-refractivity contribution >= 4 is 51.7 Å². The first-order chi connectivity index (χ1) is 13.9. The van der Waals surface area contributed by atoms with Crippen LogP contribution in [0, 0.1) is 5.92 Å². The number of fused-ring (bicyclic) bond motifs is 1. The third kappa shape index (κ3) is 3.71. The number of carbonyl (C=O) groups excluding carboxylic acids is 1. The molecule has 152 valence electrons. The first-order valence-electron chi connectivity index (χ1n) is 9.90. The van der Waals surface area contributed by atoms with Gasteiger partial charge >= 0.3 is 0 Å². The number of anilines is 1. The van der Waals surface area contributed by atoms with E-state index in [0.717, 1.165) is 19.5 Å². The molecule has 2 aromatic heterocycles. The average molecular weight is 429 g/mol. The minimum absolute atomic E-state index is 0.0216. The first kappa shape index (κ1) is 20.1. The lowest BCUT2D eigenvalue weighted by atomic mass is 10.00. The Morgan fingerprint density at radius 1 is 1.31 bits per heavy atom. The van der Waals surface area contributed by atoms with E-state index in [1.54, 1.807) is 23.2 Å². The summed E-state index contributed by atoms with van der Waals surface area (Å²) in [5, 5.41) is 0. The molecule has 0 saturated carbocycles. The van der Waals surface area contributed by atoms with Crippen LogP contribution in [-0.2, 0) is 4.79 Å². The predicted molar refractivity (Wildman–Crippen MR) is 122 cm³/mol. The van der Waals surface area contributed by atoms with E-state index in [0.29, 0.717) is 32.2 Å². The van der Waals surface area contributed by atoms with Crippen molar-refractivity contribution in [1.82, 2.24) is 14.3 Å². The summed E-state index contributed by atoms with van der Waals surface area (Å²) in [5.74, 6) is 1.04. The largest absolute Gasteiger partial charge is 0.356 e. The molecule has 1 unspecified atom stereocenters. The molecule has 4 heterocycles. The lowest BCUT2D eigenvalue weighted by Gasteiger charge is -2.32. The number of piperidine rings is 1. The maximum atomic E-state index is 13.3. The van der Waals surface area contributed by atoms with Crippen LogP contribution >= 0.6 is 24.0 Å². The summed E-state index contributed by atoms with van der Waals surface area (Å²) < 4.78 is 2.06. The summed E-state index contributed by atoms with van der Waals surface area (Å²) >= 11 is 6.64. The van der Waals surface area contributed by atoms with Gasteiger partial charge in [0.25, 0.3) is 11.5 Å². The highest BCUT2D eigenvalue weighted by atomic mass is 32.2. The summed E-state index contributed by atoms with van der Waals surface area (Å²) in [4.78, 5) is 35.3. The van der Waals surface area contributed by atoms with Crippen LogP contribution in [0.15, 0.2) is 34.1 Å². The lowest BCUT2D eigenvalue weighted by molar-refractivity contribution is -0.123. The smallest absolute Gasteiger partial charge is 0.267 e. The molecule has 6 nitrogen and oxygen atoms in total. The van der Waals surface area contributed by atoms with Crippen LogP contribution in [0.25, 0.3) is 11.7 Å². The average Bonchev–Trinajstić information content (AvgIpc) is 2.97. The topological polar surface area (TPSA) is 57.9 Å². The van der Waals surface area contributed by atoms with Crippen LogP contribution in [0.5, 0.6) is 0 Å². The van der Waals surface area contributed by atoms with Crippen molar-refractivity contribution in [3.05, 3.63) is 45.2 Å². The van der Waals surface area contributed by atoms with Crippen molar-refractivity contribution in [2.24, 2.45) is 5.92 Å². The molecule has 2 fully saturated rings. The number of nitrogens with zero attached hydrogens (tertiary/aromatic N) is 4. The molecule has 2 saturated heterocycles. The van der Waals surface area contributed by atoms with E-state index in [1.165, 1.54) is 22.6 Å². The van der Waals surface area contributed by atoms with Crippen molar-refractivity contribution in [3.8, 4) is 0 Å². The van der Waals surface area contributed by atoms with Crippen LogP contribution < -0.4 is 10.5 Å². The number of amides is 1. The van der Waals surface area contributed by atoms with Crippen LogP contribution in [-0.4, -0.2) is 43.6 Å². The highest BCUT2D eigenvalue weighted by Gasteiger charge is 2.34. The van der Waals surface area contributed by atoms with Gasteiger partial charge in [-0.1, -0.05) is 37.0 Å². The Morgan fingerprint density at radius 3 is 2.79 bits per heavy atom. The van der Waals surface area contributed by atoms with Crippen molar-refractivity contribution < 1.29 is 4.79 Å². The molecule has 29 heavy (non-hydrogen) atoms. The second kappa shape index (κ2) is 7.91. The summed E-state index contributed by atoms with van der Waals surface area (Å²) in [6, 6.07) is 5.49. The summed E-state index contributed by atoms with van der Waals surface area (Å²) in [5.41, 5.74) is 0.892. The minimum Gasteiger partial charge on any atom is -0.356 e. The number of thioether (sulfide) groups is 1. The normalized spacial score (nSPS) is 21.8. The van der Waals surface area contributed by atoms with E-state index in [-0.39, 0.29) is 17.5 Å². The molecule has 1 atom stereocenters. The first-order valence-corrected chi connectivity index (χ1v) is 11.1. The lowest BCUT2D eigenvalue weighted by Crippen LogP contribution is -2.37. The summed E-state index contributed by atoms with van der Waals surface area (Å²) in [6.07, 6.45) is 5.63.